The van der Waals surface area contributed by atoms with E-state index in [0.29, 0.717) is 5.57 Å². The van der Waals surface area contributed by atoms with Crippen molar-refractivity contribution in [3.05, 3.63) is 112 Å². The van der Waals surface area contributed by atoms with Crippen LogP contribution in [0, 0.1) is 5.92 Å². The van der Waals surface area contributed by atoms with Crippen LogP contribution in [-0.4, -0.2) is 58.0 Å². The summed E-state index contributed by atoms with van der Waals surface area (Å²) in [6.45, 7) is 5.32. The maximum atomic E-state index is 14.8. The number of rotatable bonds is 6. The summed E-state index contributed by atoms with van der Waals surface area (Å²) in [5, 5.41) is 87.7. The summed E-state index contributed by atoms with van der Waals surface area (Å²) in [6.07, 6.45) is 3.30. The first-order valence-electron chi connectivity index (χ1n) is 16.5. The lowest BCUT2D eigenvalue weighted by Crippen LogP contribution is -2.62. The maximum absolute atomic E-state index is 14.8. The van der Waals surface area contributed by atoms with Gasteiger partial charge in [0.15, 0.2) is 5.78 Å². The van der Waals surface area contributed by atoms with E-state index >= 15 is 0 Å². The molecule has 4 aromatic rings. The molecule has 2 heterocycles. The first-order valence-corrected chi connectivity index (χ1v) is 16.5. The number of benzene rings is 4. The second kappa shape index (κ2) is 12.0. The second-order valence-corrected chi connectivity index (χ2v) is 13.9. The zero-order valence-electron chi connectivity index (χ0n) is 28.3. The third kappa shape index (κ3) is 5.09. The Balaban J connectivity index is 1.49. The van der Waals surface area contributed by atoms with Crippen LogP contribution < -0.4 is 9.47 Å². The summed E-state index contributed by atoms with van der Waals surface area (Å²) >= 11 is 0. The fourth-order valence-corrected chi connectivity index (χ4v) is 7.82. The van der Waals surface area contributed by atoms with Crippen LogP contribution in [0.1, 0.15) is 82.9 Å². The molecular weight excluding hydrogens is 672 g/mol. The molecule has 52 heavy (non-hydrogen) atoms. The predicted molar refractivity (Wildman–Crippen MR) is 185 cm³/mol. The van der Waals surface area contributed by atoms with E-state index in [9.17, 15) is 50.4 Å². The molecule has 0 bridgehead atoms. The summed E-state index contributed by atoms with van der Waals surface area (Å²) < 4.78 is 12.6. The average molecular weight is 709 g/mol. The molecule has 1 aliphatic carbocycles. The minimum atomic E-state index is -2.57. The number of ketones is 2. The van der Waals surface area contributed by atoms with Crippen molar-refractivity contribution in [2.45, 2.75) is 56.8 Å². The van der Waals surface area contributed by atoms with E-state index in [1.807, 2.05) is 0 Å². The van der Waals surface area contributed by atoms with Gasteiger partial charge in [-0.2, -0.15) is 0 Å². The van der Waals surface area contributed by atoms with E-state index in [-0.39, 0.29) is 63.8 Å². The van der Waals surface area contributed by atoms with Crippen molar-refractivity contribution in [2.24, 2.45) is 5.92 Å². The molecule has 268 valence electrons. The smallest absolute Gasteiger partial charge is 0.286 e. The lowest BCUT2D eigenvalue weighted by molar-refractivity contribution is -0.221. The van der Waals surface area contributed by atoms with Gasteiger partial charge in [0.1, 0.15) is 57.3 Å². The van der Waals surface area contributed by atoms with E-state index in [0.717, 1.165) is 23.8 Å². The largest absolute Gasteiger partial charge is 0.508 e. The Kier molecular flexibility index (Phi) is 7.91. The monoisotopic (exact) mass is 708 g/mol. The molecule has 7 rings (SSSR count). The molecule has 8 N–H and O–H groups in total. The predicted octanol–water partition coefficient (Wildman–Crippen LogP) is 6.25. The maximum Gasteiger partial charge on any atom is 0.286 e. The van der Waals surface area contributed by atoms with Crippen LogP contribution in [0.3, 0.4) is 0 Å². The number of fused-ring (bicyclic) bond motifs is 4. The SMILES string of the molecule is CC(C)=CCC12Oc3cc(O)ccc3C1(O)Oc1c(c(O)cc(O)c1C1C=C(C)CC(c3ccc(O)cc3O)C1C(=O)c1ccc(O)cc1O)C2=O. The topological polar surface area (TPSA) is 214 Å². The quantitative estimate of drug-likeness (QED) is 0.0824. The van der Waals surface area contributed by atoms with Crippen LogP contribution >= 0.6 is 0 Å². The van der Waals surface area contributed by atoms with Gasteiger partial charge in [0.05, 0.1) is 11.1 Å². The van der Waals surface area contributed by atoms with Crippen LogP contribution in [0.5, 0.6) is 51.7 Å². The summed E-state index contributed by atoms with van der Waals surface area (Å²) in [7, 11) is 0. The number of aromatic hydroxyl groups is 7. The van der Waals surface area contributed by atoms with Crippen molar-refractivity contribution in [1.29, 1.82) is 0 Å². The number of Topliss-reactive ketones (excluding diaryl/α,β-unsaturated/α-hetero) is 2. The van der Waals surface area contributed by atoms with Crippen LogP contribution in [0.4, 0.5) is 0 Å². The zero-order valence-corrected chi connectivity index (χ0v) is 28.3. The van der Waals surface area contributed by atoms with Crippen molar-refractivity contribution in [2.75, 3.05) is 0 Å². The van der Waals surface area contributed by atoms with Gasteiger partial charge in [0.25, 0.3) is 5.79 Å². The van der Waals surface area contributed by atoms with E-state index in [2.05, 4.69) is 0 Å². The van der Waals surface area contributed by atoms with Crippen molar-refractivity contribution >= 4 is 11.6 Å². The third-order valence-electron chi connectivity index (χ3n) is 10.2. The molecule has 4 aromatic carbocycles. The average Bonchev–Trinajstić information content (AvgIpc) is 3.30. The lowest BCUT2D eigenvalue weighted by Gasteiger charge is -2.44. The van der Waals surface area contributed by atoms with Gasteiger partial charge in [-0.1, -0.05) is 29.4 Å². The highest BCUT2D eigenvalue weighted by Crippen LogP contribution is 2.61. The Labute approximate surface area is 297 Å². The number of aliphatic hydroxyl groups is 1. The van der Waals surface area contributed by atoms with Crippen LogP contribution in [0.15, 0.2) is 84.0 Å². The molecule has 3 aliphatic rings. The summed E-state index contributed by atoms with van der Waals surface area (Å²) in [5.74, 6) is -10.8. The van der Waals surface area contributed by atoms with Crippen molar-refractivity contribution in [3.8, 4) is 51.7 Å². The van der Waals surface area contributed by atoms with Crippen molar-refractivity contribution in [3.63, 3.8) is 0 Å². The summed E-state index contributed by atoms with van der Waals surface area (Å²) in [6, 6.07) is 12.1. The molecule has 2 aliphatic heterocycles. The van der Waals surface area contributed by atoms with Crippen LogP contribution in [-0.2, 0) is 5.79 Å². The molecule has 0 saturated heterocycles. The molecule has 0 spiro atoms. The molecular formula is C40H36O12. The fourth-order valence-electron chi connectivity index (χ4n) is 7.82. The Morgan fingerprint density at radius 3 is 2.15 bits per heavy atom. The zero-order chi connectivity index (χ0) is 37.4. The lowest BCUT2D eigenvalue weighted by atomic mass is 9.64. The Hall–Kier alpha value is -6.14. The number of hydrogen-bond acceptors (Lipinski definition) is 12. The number of allylic oxidation sites excluding steroid dienone is 3. The Bertz CT molecular complexity index is 2250. The molecule has 5 unspecified atom stereocenters. The van der Waals surface area contributed by atoms with Gasteiger partial charge in [0.2, 0.25) is 11.4 Å². The standard InChI is InChI=1S/C40H36O12/c1-18(2)10-11-39-38(49)35-31(47)17-30(46)34(37(35)52-40(39,50)27-9-6-22(43)16-32(27)51-39)26-13-19(3)12-25(23-7-4-20(41)14-28(23)44)33(26)36(48)24-8-5-21(42)15-29(24)45/h4-10,13-17,25-26,33,41-47,50H,11-12H2,1-3H3. The molecule has 12 heteroatoms. The van der Waals surface area contributed by atoms with E-state index in [1.165, 1.54) is 42.5 Å². The first kappa shape index (κ1) is 34.3. The Morgan fingerprint density at radius 2 is 1.48 bits per heavy atom. The molecule has 0 fully saturated rings. The van der Waals surface area contributed by atoms with Gasteiger partial charge in [-0.15, -0.1) is 0 Å². The molecule has 5 atom stereocenters. The summed E-state index contributed by atoms with van der Waals surface area (Å²) in [4.78, 5) is 29.5. The number of ether oxygens (including phenoxy) is 2. The molecule has 12 nitrogen and oxygen atoms in total. The number of phenols is 7. The van der Waals surface area contributed by atoms with E-state index in [4.69, 9.17) is 9.47 Å². The van der Waals surface area contributed by atoms with Crippen molar-refractivity contribution in [1.82, 2.24) is 0 Å². The Morgan fingerprint density at radius 1 is 0.827 bits per heavy atom. The molecule has 0 amide bonds. The second-order valence-electron chi connectivity index (χ2n) is 13.9. The van der Waals surface area contributed by atoms with Gasteiger partial charge < -0.3 is 50.3 Å². The number of phenolic OH excluding ortho intramolecular Hbond substituents is 7. The van der Waals surface area contributed by atoms with E-state index < -0.39 is 69.3 Å². The fraction of sp³-hybridized carbons (Fsp3) is 0.250. The van der Waals surface area contributed by atoms with Crippen LogP contribution in [0.25, 0.3) is 0 Å². The summed E-state index contributed by atoms with van der Waals surface area (Å²) in [5.41, 5.74) is -1.26. The highest BCUT2D eigenvalue weighted by Gasteiger charge is 2.70. The molecule has 0 saturated carbocycles. The van der Waals surface area contributed by atoms with Gasteiger partial charge in [-0.3, -0.25) is 9.59 Å². The normalized spacial score (nSPS) is 24.4. The first-order chi connectivity index (χ1) is 24.6. The minimum absolute atomic E-state index is 0.0101. The third-order valence-corrected chi connectivity index (χ3v) is 10.2. The minimum Gasteiger partial charge on any atom is -0.508 e. The van der Waals surface area contributed by atoms with Gasteiger partial charge >= 0.3 is 0 Å². The molecule has 0 radical (unpaired) electrons. The highest BCUT2D eigenvalue weighted by atomic mass is 16.7. The van der Waals surface area contributed by atoms with Gasteiger partial charge in [0, 0.05) is 54.0 Å². The van der Waals surface area contributed by atoms with E-state index in [1.54, 1.807) is 32.9 Å². The number of carbonyl (C=O) groups excluding carboxylic acids is 2. The highest BCUT2D eigenvalue weighted by molar-refractivity contribution is 6.10. The number of carbonyl (C=O) groups is 2. The number of hydrogen-bond donors (Lipinski definition) is 8. The molecule has 0 aromatic heterocycles. The van der Waals surface area contributed by atoms with Gasteiger partial charge in [-0.05, 0) is 63.1 Å². The van der Waals surface area contributed by atoms with Crippen molar-refractivity contribution < 1.29 is 59.9 Å². The van der Waals surface area contributed by atoms with Crippen LogP contribution in [0.2, 0.25) is 0 Å². The van der Waals surface area contributed by atoms with Gasteiger partial charge in [-0.25, -0.2) is 0 Å².